The van der Waals surface area contributed by atoms with Crippen molar-refractivity contribution in [2.75, 3.05) is 19.6 Å². The zero-order valence-electron chi connectivity index (χ0n) is 7.55. The van der Waals surface area contributed by atoms with Gasteiger partial charge in [-0.05, 0) is 39.3 Å². The Morgan fingerprint density at radius 2 is 1.91 bits per heavy atom. The third-order valence-electron chi connectivity index (χ3n) is 2.30. The first kappa shape index (κ1) is 8.79. The Kier molecular flexibility index (Phi) is 4.29. The quantitative estimate of drug-likeness (QED) is 0.563. The molecule has 11 heavy (non-hydrogen) atoms. The SMILES string of the molecule is C/C=C\CCN1CCCCC1. The topological polar surface area (TPSA) is 3.24 Å². The lowest BCUT2D eigenvalue weighted by Crippen LogP contribution is -2.30. The first-order chi connectivity index (χ1) is 5.43. The third kappa shape index (κ3) is 3.57. The highest BCUT2D eigenvalue weighted by atomic mass is 15.1. The number of hydrogen-bond acceptors (Lipinski definition) is 1. The highest BCUT2D eigenvalue weighted by molar-refractivity contribution is 4.78. The summed E-state index contributed by atoms with van der Waals surface area (Å²) in [5.74, 6) is 0. The maximum Gasteiger partial charge on any atom is 0.00159 e. The second kappa shape index (κ2) is 5.36. The molecule has 0 aliphatic carbocycles. The van der Waals surface area contributed by atoms with Crippen LogP contribution in [-0.4, -0.2) is 24.5 Å². The number of piperidine rings is 1. The van der Waals surface area contributed by atoms with Crippen LogP contribution in [0.3, 0.4) is 0 Å². The van der Waals surface area contributed by atoms with Gasteiger partial charge in [-0.15, -0.1) is 0 Å². The van der Waals surface area contributed by atoms with Crippen LogP contribution in [0.5, 0.6) is 0 Å². The van der Waals surface area contributed by atoms with Crippen LogP contribution in [0, 0.1) is 0 Å². The zero-order valence-corrected chi connectivity index (χ0v) is 7.55. The summed E-state index contributed by atoms with van der Waals surface area (Å²) in [4.78, 5) is 2.57. The van der Waals surface area contributed by atoms with Crippen LogP contribution >= 0.6 is 0 Å². The molecule has 0 amide bonds. The molecular weight excluding hydrogens is 134 g/mol. The molecule has 1 rings (SSSR count). The lowest BCUT2D eigenvalue weighted by Gasteiger charge is -2.25. The van der Waals surface area contributed by atoms with E-state index in [0.29, 0.717) is 0 Å². The predicted molar refractivity (Wildman–Crippen MR) is 49.7 cm³/mol. The molecule has 0 aromatic heterocycles. The lowest BCUT2D eigenvalue weighted by molar-refractivity contribution is 0.233. The van der Waals surface area contributed by atoms with E-state index < -0.39 is 0 Å². The number of nitrogens with zero attached hydrogens (tertiary/aromatic N) is 1. The van der Waals surface area contributed by atoms with Crippen LogP contribution in [0.4, 0.5) is 0 Å². The van der Waals surface area contributed by atoms with Crippen LogP contribution in [0.25, 0.3) is 0 Å². The van der Waals surface area contributed by atoms with Crippen molar-refractivity contribution in [1.29, 1.82) is 0 Å². The normalized spacial score (nSPS) is 21.2. The van der Waals surface area contributed by atoms with Gasteiger partial charge in [0.15, 0.2) is 0 Å². The largest absolute Gasteiger partial charge is 0.303 e. The van der Waals surface area contributed by atoms with Gasteiger partial charge in [-0.25, -0.2) is 0 Å². The second-order valence-corrected chi connectivity index (χ2v) is 3.26. The molecule has 0 aromatic carbocycles. The van der Waals surface area contributed by atoms with Gasteiger partial charge in [-0.1, -0.05) is 18.6 Å². The molecule has 0 unspecified atom stereocenters. The van der Waals surface area contributed by atoms with E-state index >= 15 is 0 Å². The van der Waals surface area contributed by atoms with Crippen molar-refractivity contribution in [3.63, 3.8) is 0 Å². The molecule has 0 saturated carbocycles. The van der Waals surface area contributed by atoms with E-state index in [1.165, 1.54) is 45.3 Å². The van der Waals surface area contributed by atoms with Crippen molar-refractivity contribution in [1.82, 2.24) is 4.90 Å². The van der Waals surface area contributed by atoms with Crippen LogP contribution < -0.4 is 0 Å². The first-order valence-corrected chi connectivity index (χ1v) is 4.77. The third-order valence-corrected chi connectivity index (χ3v) is 2.30. The van der Waals surface area contributed by atoms with Crippen molar-refractivity contribution >= 4 is 0 Å². The van der Waals surface area contributed by atoms with E-state index in [1.807, 2.05) is 0 Å². The van der Waals surface area contributed by atoms with E-state index in [1.54, 1.807) is 0 Å². The van der Waals surface area contributed by atoms with Gasteiger partial charge >= 0.3 is 0 Å². The van der Waals surface area contributed by atoms with E-state index in [9.17, 15) is 0 Å². The Morgan fingerprint density at radius 3 is 2.55 bits per heavy atom. The predicted octanol–water partition coefficient (Wildman–Crippen LogP) is 2.44. The van der Waals surface area contributed by atoms with Crippen LogP contribution in [0.1, 0.15) is 32.6 Å². The van der Waals surface area contributed by atoms with E-state index in [4.69, 9.17) is 0 Å². The molecule has 1 heterocycles. The molecule has 0 aromatic rings. The number of likely N-dealkylation sites (tertiary alicyclic amines) is 1. The standard InChI is InChI=1S/C10H19N/c1-2-3-5-8-11-9-6-4-7-10-11/h2-3H,4-10H2,1H3/b3-2-. The maximum atomic E-state index is 2.57. The van der Waals surface area contributed by atoms with Gasteiger partial charge < -0.3 is 4.90 Å². The lowest BCUT2D eigenvalue weighted by atomic mass is 10.1. The molecule has 64 valence electrons. The van der Waals surface area contributed by atoms with Gasteiger partial charge in [0.2, 0.25) is 0 Å². The molecule has 0 spiro atoms. The Balaban J connectivity index is 2.04. The minimum atomic E-state index is 1.23. The van der Waals surface area contributed by atoms with Crippen molar-refractivity contribution in [2.45, 2.75) is 32.6 Å². The zero-order chi connectivity index (χ0) is 7.94. The molecule has 1 nitrogen and oxygen atoms in total. The van der Waals surface area contributed by atoms with Crippen LogP contribution in [-0.2, 0) is 0 Å². The molecule has 1 aliphatic heterocycles. The number of allylic oxidation sites excluding steroid dienone is 1. The molecule has 1 heteroatoms. The van der Waals surface area contributed by atoms with Crippen molar-refractivity contribution in [3.05, 3.63) is 12.2 Å². The Hall–Kier alpha value is -0.300. The Labute approximate surface area is 70.1 Å². The second-order valence-electron chi connectivity index (χ2n) is 3.26. The minimum absolute atomic E-state index is 1.23. The minimum Gasteiger partial charge on any atom is -0.303 e. The Morgan fingerprint density at radius 1 is 1.18 bits per heavy atom. The molecule has 0 atom stereocenters. The smallest absolute Gasteiger partial charge is 0.00159 e. The molecule has 1 saturated heterocycles. The Bertz CT molecular complexity index is 112. The van der Waals surface area contributed by atoms with E-state index in [-0.39, 0.29) is 0 Å². The summed E-state index contributed by atoms with van der Waals surface area (Å²) in [6, 6.07) is 0. The summed E-state index contributed by atoms with van der Waals surface area (Å²) in [5, 5.41) is 0. The van der Waals surface area contributed by atoms with Crippen molar-refractivity contribution < 1.29 is 0 Å². The fourth-order valence-corrected chi connectivity index (χ4v) is 1.61. The summed E-state index contributed by atoms with van der Waals surface area (Å²) in [5.41, 5.74) is 0. The highest BCUT2D eigenvalue weighted by Gasteiger charge is 2.07. The van der Waals surface area contributed by atoms with Gasteiger partial charge in [0.1, 0.15) is 0 Å². The van der Waals surface area contributed by atoms with Gasteiger partial charge in [0.05, 0.1) is 0 Å². The maximum absolute atomic E-state index is 2.57. The number of hydrogen-bond donors (Lipinski definition) is 0. The average molecular weight is 153 g/mol. The molecule has 0 radical (unpaired) electrons. The van der Waals surface area contributed by atoms with Gasteiger partial charge in [-0.2, -0.15) is 0 Å². The summed E-state index contributed by atoms with van der Waals surface area (Å²) < 4.78 is 0. The van der Waals surface area contributed by atoms with Gasteiger partial charge in [0.25, 0.3) is 0 Å². The van der Waals surface area contributed by atoms with Crippen molar-refractivity contribution in [3.8, 4) is 0 Å². The summed E-state index contributed by atoms with van der Waals surface area (Å²) in [7, 11) is 0. The van der Waals surface area contributed by atoms with E-state index in [2.05, 4.69) is 24.0 Å². The molecule has 1 fully saturated rings. The molecule has 0 bridgehead atoms. The summed E-state index contributed by atoms with van der Waals surface area (Å²) >= 11 is 0. The average Bonchev–Trinajstić information content (AvgIpc) is 2.07. The summed E-state index contributed by atoms with van der Waals surface area (Å²) in [6.45, 7) is 6.02. The number of rotatable bonds is 3. The van der Waals surface area contributed by atoms with E-state index in [0.717, 1.165) is 0 Å². The van der Waals surface area contributed by atoms with Crippen LogP contribution in [0.2, 0.25) is 0 Å². The van der Waals surface area contributed by atoms with Gasteiger partial charge in [-0.3, -0.25) is 0 Å². The fourth-order valence-electron chi connectivity index (χ4n) is 1.61. The molecule has 0 N–H and O–H groups in total. The first-order valence-electron chi connectivity index (χ1n) is 4.77. The highest BCUT2D eigenvalue weighted by Crippen LogP contribution is 2.08. The van der Waals surface area contributed by atoms with Crippen LogP contribution in [0.15, 0.2) is 12.2 Å². The fraction of sp³-hybridized carbons (Fsp3) is 0.800. The van der Waals surface area contributed by atoms with Gasteiger partial charge in [0, 0.05) is 6.54 Å². The summed E-state index contributed by atoms with van der Waals surface area (Å²) in [6.07, 6.45) is 9.90. The molecule has 1 aliphatic rings. The molecular formula is C10H19N. The van der Waals surface area contributed by atoms with Crippen molar-refractivity contribution in [2.24, 2.45) is 0 Å². The monoisotopic (exact) mass is 153 g/mol.